The summed E-state index contributed by atoms with van der Waals surface area (Å²) in [6.07, 6.45) is 3.72. The Labute approximate surface area is 108 Å². The number of carbonyl (C=O) groups is 1. The zero-order valence-electron chi connectivity index (χ0n) is 8.60. The molecule has 2 aliphatic heterocycles. The van der Waals surface area contributed by atoms with Gasteiger partial charge in [-0.1, -0.05) is 42.2 Å². The zero-order chi connectivity index (χ0) is 11.8. The van der Waals surface area contributed by atoms with Gasteiger partial charge in [0.05, 0.1) is 0 Å². The van der Waals surface area contributed by atoms with E-state index in [9.17, 15) is 4.79 Å². The Hall–Kier alpha value is -1.59. The van der Waals surface area contributed by atoms with Crippen LogP contribution in [-0.4, -0.2) is 10.2 Å². The number of hydrogen-bond acceptors (Lipinski definition) is 4. The molecule has 0 unspecified atom stereocenters. The Kier molecular flexibility index (Phi) is 2.49. The van der Waals surface area contributed by atoms with Gasteiger partial charge in [0.1, 0.15) is 20.7 Å². The molecule has 0 aromatic heterocycles. The molecule has 0 saturated carbocycles. The van der Waals surface area contributed by atoms with Crippen LogP contribution in [0.1, 0.15) is 5.56 Å². The Balaban J connectivity index is 2.02. The van der Waals surface area contributed by atoms with Crippen LogP contribution in [0, 0.1) is 0 Å². The number of allylic oxidation sites excluding steroid dienone is 1. The lowest BCUT2D eigenvalue weighted by Crippen LogP contribution is -2.19. The Morgan fingerprint density at radius 2 is 2.06 bits per heavy atom. The van der Waals surface area contributed by atoms with Crippen LogP contribution in [0.2, 0.25) is 0 Å². The van der Waals surface area contributed by atoms with Crippen molar-refractivity contribution in [3.63, 3.8) is 0 Å². The molecule has 1 saturated heterocycles. The Morgan fingerprint density at radius 1 is 1.24 bits per heavy atom. The third kappa shape index (κ3) is 1.87. The van der Waals surface area contributed by atoms with Gasteiger partial charge in [-0.25, -0.2) is 0 Å². The number of benzene rings is 1. The third-order valence-electron chi connectivity index (χ3n) is 2.39. The Bertz CT molecular complexity index is 590. The summed E-state index contributed by atoms with van der Waals surface area (Å²) in [7, 11) is 0. The van der Waals surface area contributed by atoms with E-state index in [4.69, 9.17) is 17.0 Å². The van der Waals surface area contributed by atoms with Gasteiger partial charge < -0.3 is 10.1 Å². The van der Waals surface area contributed by atoms with E-state index in [0.717, 1.165) is 11.3 Å². The summed E-state index contributed by atoms with van der Waals surface area (Å²) in [5, 5.41) is 2.57. The molecule has 84 valence electrons. The highest BCUT2D eigenvalue weighted by Gasteiger charge is 2.27. The molecule has 0 aliphatic carbocycles. The highest BCUT2D eigenvalue weighted by atomic mass is 32.2. The molecule has 5 heteroatoms. The van der Waals surface area contributed by atoms with Crippen molar-refractivity contribution in [2.45, 2.75) is 0 Å². The molecule has 17 heavy (non-hydrogen) atoms. The van der Waals surface area contributed by atoms with Crippen LogP contribution in [0.25, 0.3) is 6.08 Å². The minimum Gasteiger partial charge on any atom is -0.455 e. The fourth-order valence-corrected chi connectivity index (χ4v) is 2.65. The molecule has 2 aliphatic rings. The molecule has 1 fully saturated rings. The second-order valence-corrected chi connectivity index (χ2v) is 5.20. The predicted molar refractivity (Wildman–Crippen MR) is 71.5 cm³/mol. The van der Waals surface area contributed by atoms with Crippen molar-refractivity contribution in [1.82, 2.24) is 5.32 Å². The first kappa shape index (κ1) is 10.6. The molecule has 3 rings (SSSR count). The molecule has 0 atom stereocenters. The minimum atomic E-state index is -0.195. The second kappa shape index (κ2) is 4.01. The summed E-state index contributed by atoms with van der Waals surface area (Å²) in [5.74, 6) is 1.11. The van der Waals surface area contributed by atoms with Gasteiger partial charge in [-0.05, 0) is 18.2 Å². The summed E-state index contributed by atoms with van der Waals surface area (Å²) in [4.78, 5) is 12.1. The van der Waals surface area contributed by atoms with E-state index >= 15 is 0 Å². The van der Waals surface area contributed by atoms with Gasteiger partial charge in [-0.15, -0.1) is 0 Å². The van der Waals surface area contributed by atoms with Gasteiger partial charge in [0.15, 0.2) is 0 Å². The normalized spacial score (nSPS) is 22.1. The number of ether oxygens (including phenoxy) is 1. The minimum absolute atomic E-state index is 0.195. The van der Waals surface area contributed by atoms with E-state index in [0.29, 0.717) is 15.0 Å². The van der Waals surface area contributed by atoms with Gasteiger partial charge >= 0.3 is 0 Å². The average molecular weight is 261 g/mol. The molecule has 0 radical (unpaired) electrons. The smallest absolute Gasteiger partial charge is 0.267 e. The first-order valence-electron chi connectivity index (χ1n) is 4.96. The predicted octanol–water partition coefficient (Wildman–Crippen LogP) is 2.45. The van der Waals surface area contributed by atoms with E-state index < -0.39 is 0 Å². The number of nitrogens with one attached hydrogen (secondary N) is 1. The van der Waals surface area contributed by atoms with Gasteiger partial charge in [0.2, 0.25) is 0 Å². The van der Waals surface area contributed by atoms with Gasteiger partial charge in [0, 0.05) is 5.56 Å². The number of carbonyl (C=O) groups excluding carboxylic acids is 1. The second-order valence-electron chi connectivity index (χ2n) is 3.51. The molecule has 1 N–H and O–H groups in total. The molecule has 0 bridgehead atoms. The Morgan fingerprint density at radius 3 is 2.82 bits per heavy atom. The summed E-state index contributed by atoms with van der Waals surface area (Å²) in [6.45, 7) is 0. The maximum Gasteiger partial charge on any atom is 0.267 e. The van der Waals surface area contributed by atoms with E-state index in [1.807, 2.05) is 30.3 Å². The molecule has 1 amide bonds. The first-order valence-corrected chi connectivity index (χ1v) is 6.19. The number of hydrogen-bond donors (Lipinski definition) is 1. The molecular formula is C12H7NO2S2. The van der Waals surface area contributed by atoms with E-state index in [1.54, 1.807) is 6.08 Å². The van der Waals surface area contributed by atoms with Crippen LogP contribution >= 0.6 is 24.0 Å². The number of para-hydroxylation sites is 1. The number of fused-ring (bicyclic) bond motifs is 1. The van der Waals surface area contributed by atoms with E-state index in [2.05, 4.69) is 5.32 Å². The van der Waals surface area contributed by atoms with Crippen molar-refractivity contribution in [3.8, 4) is 5.75 Å². The SMILES string of the molecule is O=C1NC(=S)SC1=C1C=Cc2ccccc2O1. The first-order chi connectivity index (χ1) is 8.24. The van der Waals surface area contributed by atoms with Crippen LogP contribution < -0.4 is 10.1 Å². The molecular weight excluding hydrogens is 254 g/mol. The fraction of sp³-hybridized carbons (Fsp3) is 0. The maximum absolute atomic E-state index is 11.6. The molecule has 2 heterocycles. The van der Waals surface area contributed by atoms with Gasteiger partial charge in [0.25, 0.3) is 5.91 Å². The topological polar surface area (TPSA) is 38.3 Å². The van der Waals surface area contributed by atoms with E-state index in [1.165, 1.54) is 11.8 Å². The maximum atomic E-state index is 11.6. The van der Waals surface area contributed by atoms with Crippen LogP contribution in [0.4, 0.5) is 0 Å². The molecule has 0 spiro atoms. The summed E-state index contributed by atoms with van der Waals surface area (Å²) < 4.78 is 6.15. The lowest BCUT2D eigenvalue weighted by Gasteiger charge is -2.14. The highest BCUT2D eigenvalue weighted by molar-refractivity contribution is 8.26. The highest BCUT2D eigenvalue weighted by Crippen LogP contribution is 2.33. The van der Waals surface area contributed by atoms with Crippen molar-refractivity contribution >= 4 is 40.3 Å². The zero-order valence-corrected chi connectivity index (χ0v) is 10.2. The van der Waals surface area contributed by atoms with Gasteiger partial charge in [-0.2, -0.15) is 0 Å². The monoisotopic (exact) mass is 261 g/mol. The third-order valence-corrected chi connectivity index (χ3v) is 3.62. The van der Waals surface area contributed by atoms with Crippen LogP contribution in [0.3, 0.4) is 0 Å². The average Bonchev–Trinajstić information content (AvgIpc) is 2.68. The van der Waals surface area contributed by atoms with Crippen molar-refractivity contribution in [2.24, 2.45) is 0 Å². The number of rotatable bonds is 0. The van der Waals surface area contributed by atoms with Crippen molar-refractivity contribution in [1.29, 1.82) is 0 Å². The number of thiocarbonyl (C=S) groups is 1. The van der Waals surface area contributed by atoms with Crippen molar-refractivity contribution in [3.05, 3.63) is 46.6 Å². The van der Waals surface area contributed by atoms with E-state index in [-0.39, 0.29) is 5.91 Å². The molecule has 1 aromatic rings. The van der Waals surface area contributed by atoms with Crippen LogP contribution in [0.15, 0.2) is 41.0 Å². The quantitative estimate of drug-likeness (QED) is 0.575. The van der Waals surface area contributed by atoms with Crippen molar-refractivity contribution < 1.29 is 9.53 Å². The fourth-order valence-electron chi connectivity index (χ4n) is 1.63. The van der Waals surface area contributed by atoms with Crippen LogP contribution in [0.5, 0.6) is 5.75 Å². The number of amides is 1. The standard InChI is InChI=1S/C12H7NO2S2/c14-11-10(17-12(16)13-11)9-6-5-7-3-1-2-4-8(7)15-9/h1-6H,(H,13,14,16). The summed E-state index contributed by atoms with van der Waals surface area (Å²) in [5.41, 5.74) is 1.00. The van der Waals surface area contributed by atoms with Crippen LogP contribution in [-0.2, 0) is 4.79 Å². The molecule has 1 aromatic carbocycles. The van der Waals surface area contributed by atoms with Crippen molar-refractivity contribution in [2.75, 3.05) is 0 Å². The lowest BCUT2D eigenvalue weighted by molar-refractivity contribution is -0.115. The van der Waals surface area contributed by atoms with Gasteiger partial charge in [-0.3, -0.25) is 4.79 Å². The number of thioether (sulfide) groups is 1. The summed E-state index contributed by atoms with van der Waals surface area (Å²) >= 11 is 6.17. The lowest BCUT2D eigenvalue weighted by atomic mass is 10.1. The summed E-state index contributed by atoms with van der Waals surface area (Å²) in [6, 6.07) is 7.67. The largest absolute Gasteiger partial charge is 0.455 e. The molecule has 3 nitrogen and oxygen atoms in total.